The summed E-state index contributed by atoms with van der Waals surface area (Å²) in [6.07, 6.45) is -0.0400. The van der Waals surface area contributed by atoms with Crippen molar-refractivity contribution >= 4 is 23.2 Å². The maximum Gasteiger partial charge on any atom is 0.265 e. The van der Waals surface area contributed by atoms with E-state index in [0.29, 0.717) is 23.5 Å². The van der Waals surface area contributed by atoms with Gasteiger partial charge in [-0.2, -0.15) is 0 Å². The maximum absolute atomic E-state index is 12.4. The minimum absolute atomic E-state index is 0.160. The Bertz CT molecular complexity index is 728. The number of benzene rings is 2. The molecule has 0 aliphatic rings. The second-order valence-corrected chi connectivity index (χ2v) is 5.58. The molecular formula is C19H22N2O3. The zero-order valence-electron chi connectivity index (χ0n) is 14.1. The van der Waals surface area contributed by atoms with E-state index in [0.717, 1.165) is 5.56 Å². The molecule has 2 aromatic rings. The second-order valence-electron chi connectivity index (χ2n) is 5.58. The highest BCUT2D eigenvalue weighted by atomic mass is 16.5. The molecule has 2 aromatic carbocycles. The molecule has 5 nitrogen and oxygen atoms in total. The summed E-state index contributed by atoms with van der Waals surface area (Å²) < 4.78 is 5.79. The number of rotatable bonds is 6. The highest BCUT2D eigenvalue weighted by Crippen LogP contribution is 2.18. The van der Waals surface area contributed by atoms with E-state index >= 15 is 0 Å². The topological polar surface area (TPSA) is 67.4 Å². The summed E-state index contributed by atoms with van der Waals surface area (Å²) in [5.74, 6) is 0.288. The zero-order chi connectivity index (χ0) is 17.5. The maximum atomic E-state index is 12.4. The van der Waals surface area contributed by atoms with Crippen LogP contribution in [0.3, 0.4) is 0 Å². The van der Waals surface area contributed by atoms with Crippen LogP contribution in [-0.4, -0.2) is 17.9 Å². The summed E-state index contributed by atoms with van der Waals surface area (Å²) >= 11 is 0. The van der Waals surface area contributed by atoms with Gasteiger partial charge in [0.15, 0.2) is 6.10 Å². The summed E-state index contributed by atoms with van der Waals surface area (Å²) in [5, 5.41) is 5.51. The standard InChI is InChI=1S/C19H22N2O3/c1-4-18(24-17-10-5-7-13(2)11-17)19(23)21-16-9-6-8-15(12-16)20-14(3)22/h5-12,18H,4H2,1-3H3,(H,20,22)(H,21,23). The van der Waals surface area contributed by atoms with Crippen LogP contribution in [0.15, 0.2) is 48.5 Å². The third kappa shape index (κ3) is 5.12. The predicted molar refractivity (Wildman–Crippen MR) is 95.3 cm³/mol. The summed E-state index contributed by atoms with van der Waals surface area (Å²) in [6, 6.07) is 14.6. The number of amides is 2. The fourth-order valence-electron chi connectivity index (χ4n) is 2.28. The lowest BCUT2D eigenvalue weighted by atomic mass is 10.2. The lowest BCUT2D eigenvalue weighted by Gasteiger charge is -2.18. The average molecular weight is 326 g/mol. The molecule has 126 valence electrons. The molecule has 2 rings (SSSR count). The Hall–Kier alpha value is -2.82. The first kappa shape index (κ1) is 17.5. The minimum atomic E-state index is -0.587. The normalized spacial score (nSPS) is 11.5. The lowest BCUT2D eigenvalue weighted by molar-refractivity contribution is -0.122. The Labute approximate surface area is 142 Å². The van der Waals surface area contributed by atoms with Crippen LogP contribution in [0.4, 0.5) is 11.4 Å². The number of ether oxygens (including phenoxy) is 1. The molecule has 0 aliphatic heterocycles. The van der Waals surface area contributed by atoms with Gasteiger partial charge in [0.05, 0.1) is 0 Å². The molecule has 2 N–H and O–H groups in total. The largest absolute Gasteiger partial charge is 0.481 e. The van der Waals surface area contributed by atoms with Gasteiger partial charge < -0.3 is 15.4 Å². The molecule has 0 saturated heterocycles. The highest BCUT2D eigenvalue weighted by Gasteiger charge is 2.18. The van der Waals surface area contributed by atoms with Gasteiger partial charge in [-0.3, -0.25) is 9.59 Å². The molecule has 1 unspecified atom stereocenters. The fraction of sp³-hybridized carbons (Fsp3) is 0.263. The van der Waals surface area contributed by atoms with Gasteiger partial charge in [0.1, 0.15) is 5.75 Å². The first-order chi connectivity index (χ1) is 11.5. The van der Waals surface area contributed by atoms with Gasteiger partial charge in [-0.15, -0.1) is 0 Å². The van der Waals surface area contributed by atoms with Gasteiger partial charge in [-0.05, 0) is 49.2 Å². The van der Waals surface area contributed by atoms with Crippen molar-refractivity contribution in [2.75, 3.05) is 10.6 Å². The summed E-state index contributed by atoms with van der Waals surface area (Å²) in [6.45, 7) is 5.31. The Morgan fingerprint density at radius 2 is 1.71 bits per heavy atom. The Kier molecular flexibility index (Phi) is 5.95. The van der Waals surface area contributed by atoms with E-state index in [9.17, 15) is 9.59 Å². The van der Waals surface area contributed by atoms with Crippen molar-refractivity contribution in [2.24, 2.45) is 0 Å². The highest BCUT2D eigenvalue weighted by molar-refractivity contribution is 5.95. The molecule has 0 heterocycles. The lowest BCUT2D eigenvalue weighted by Crippen LogP contribution is -2.32. The molecule has 0 bridgehead atoms. The number of carbonyl (C=O) groups is 2. The first-order valence-corrected chi connectivity index (χ1v) is 7.89. The molecule has 0 aliphatic carbocycles. The quantitative estimate of drug-likeness (QED) is 0.849. The Balaban J connectivity index is 2.05. The van der Waals surface area contributed by atoms with Crippen molar-refractivity contribution in [2.45, 2.75) is 33.3 Å². The van der Waals surface area contributed by atoms with Crippen molar-refractivity contribution in [3.05, 3.63) is 54.1 Å². The molecule has 0 fully saturated rings. The van der Waals surface area contributed by atoms with Crippen LogP contribution >= 0.6 is 0 Å². The van der Waals surface area contributed by atoms with Crippen LogP contribution in [0.25, 0.3) is 0 Å². The van der Waals surface area contributed by atoms with Crippen LogP contribution in [0.5, 0.6) is 5.75 Å². The molecule has 0 radical (unpaired) electrons. The number of carbonyl (C=O) groups excluding carboxylic acids is 2. The van der Waals surface area contributed by atoms with E-state index < -0.39 is 6.10 Å². The van der Waals surface area contributed by atoms with Crippen LogP contribution in [-0.2, 0) is 9.59 Å². The molecule has 5 heteroatoms. The van der Waals surface area contributed by atoms with E-state index in [1.165, 1.54) is 6.92 Å². The van der Waals surface area contributed by atoms with E-state index in [1.54, 1.807) is 24.3 Å². The van der Waals surface area contributed by atoms with Crippen molar-refractivity contribution in [1.29, 1.82) is 0 Å². The van der Waals surface area contributed by atoms with Crippen molar-refractivity contribution in [3.8, 4) is 5.75 Å². The fourth-order valence-corrected chi connectivity index (χ4v) is 2.28. The van der Waals surface area contributed by atoms with Gasteiger partial charge in [0.2, 0.25) is 5.91 Å². The molecule has 2 amide bonds. The molecule has 0 saturated carbocycles. The number of hydrogen-bond donors (Lipinski definition) is 2. The van der Waals surface area contributed by atoms with Crippen molar-refractivity contribution < 1.29 is 14.3 Å². The van der Waals surface area contributed by atoms with Gasteiger partial charge in [-0.25, -0.2) is 0 Å². The van der Waals surface area contributed by atoms with Gasteiger partial charge >= 0.3 is 0 Å². The number of aryl methyl sites for hydroxylation is 1. The second kappa shape index (κ2) is 8.15. The van der Waals surface area contributed by atoms with E-state index in [2.05, 4.69) is 10.6 Å². The van der Waals surface area contributed by atoms with Gasteiger partial charge in [0.25, 0.3) is 5.91 Å². The zero-order valence-corrected chi connectivity index (χ0v) is 14.1. The van der Waals surface area contributed by atoms with E-state index in [1.807, 2.05) is 38.1 Å². The van der Waals surface area contributed by atoms with Crippen LogP contribution in [0, 0.1) is 6.92 Å². The summed E-state index contributed by atoms with van der Waals surface area (Å²) in [5.41, 5.74) is 2.32. The van der Waals surface area contributed by atoms with E-state index in [-0.39, 0.29) is 11.8 Å². The Morgan fingerprint density at radius 3 is 2.33 bits per heavy atom. The molecule has 0 aromatic heterocycles. The number of hydrogen-bond acceptors (Lipinski definition) is 3. The van der Waals surface area contributed by atoms with Crippen LogP contribution < -0.4 is 15.4 Å². The SMILES string of the molecule is CCC(Oc1cccc(C)c1)C(=O)Nc1cccc(NC(C)=O)c1. The summed E-state index contributed by atoms with van der Waals surface area (Å²) in [4.78, 5) is 23.6. The van der Waals surface area contributed by atoms with E-state index in [4.69, 9.17) is 4.74 Å². The van der Waals surface area contributed by atoms with Gasteiger partial charge in [0, 0.05) is 18.3 Å². The number of nitrogens with one attached hydrogen (secondary N) is 2. The van der Waals surface area contributed by atoms with Crippen molar-refractivity contribution in [1.82, 2.24) is 0 Å². The smallest absolute Gasteiger partial charge is 0.265 e. The van der Waals surface area contributed by atoms with Crippen LogP contribution in [0.2, 0.25) is 0 Å². The third-order valence-electron chi connectivity index (χ3n) is 3.38. The average Bonchev–Trinajstić information content (AvgIpc) is 2.52. The number of anilines is 2. The third-order valence-corrected chi connectivity index (χ3v) is 3.38. The van der Waals surface area contributed by atoms with Gasteiger partial charge in [-0.1, -0.05) is 25.1 Å². The molecular weight excluding hydrogens is 304 g/mol. The molecule has 1 atom stereocenters. The van der Waals surface area contributed by atoms with Crippen LogP contribution in [0.1, 0.15) is 25.8 Å². The van der Waals surface area contributed by atoms with Crippen molar-refractivity contribution in [3.63, 3.8) is 0 Å². The first-order valence-electron chi connectivity index (χ1n) is 7.89. The molecule has 24 heavy (non-hydrogen) atoms. The predicted octanol–water partition coefficient (Wildman–Crippen LogP) is 3.75. The monoisotopic (exact) mass is 326 g/mol. The Morgan fingerprint density at radius 1 is 1.04 bits per heavy atom. The molecule has 0 spiro atoms. The minimum Gasteiger partial charge on any atom is -0.481 e. The summed E-state index contributed by atoms with van der Waals surface area (Å²) in [7, 11) is 0.